The van der Waals surface area contributed by atoms with Crippen molar-refractivity contribution in [3.8, 4) is 0 Å². The Bertz CT molecular complexity index is 134. The van der Waals surface area contributed by atoms with Crippen molar-refractivity contribution in [1.82, 2.24) is 0 Å². The fourth-order valence-electron chi connectivity index (χ4n) is 0.877. The molecule has 0 amide bonds. The van der Waals surface area contributed by atoms with Gasteiger partial charge >= 0.3 is 63.9 Å². The molecule has 0 bridgehead atoms. The van der Waals surface area contributed by atoms with Crippen LogP contribution >= 0.6 is 0 Å². The first-order valence-corrected chi connectivity index (χ1v) is 3.85. The molecule has 1 rings (SSSR count). The molecule has 0 nitrogen and oxygen atoms in total. The number of hydrogen-bond acceptors (Lipinski definition) is 0. The Kier molecular flexibility index (Phi) is 3.07. The zero-order chi connectivity index (χ0) is 6.53. The summed E-state index contributed by atoms with van der Waals surface area (Å²) in [6, 6.07) is 0. The van der Waals surface area contributed by atoms with E-state index in [0.717, 1.165) is 19.3 Å². The maximum absolute atomic E-state index is 4.78. The number of hydrogen-bond donors (Lipinski definition) is 0. The van der Waals surface area contributed by atoms with Crippen molar-refractivity contribution < 1.29 is 15.5 Å². The average Bonchev–Trinajstić information content (AvgIpc) is 1.79. The van der Waals surface area contributed by atoms with Crippen molar-refractivity contribution in [3.05, 3.63) is 22.8 Å². The van der Waals surface area contributed by atoms with E-state index in [2.05, 4.69) is 18.2 Å². The van der Waals surface area contributed by atoms with Crippen molar-refractivity contribution in [2.24, 2.45) is 0 Å². The molecular weight excluding hydrogens is 155 g/mol. The van der Waals surface area contributed by atoms with E-state index in [1.807, 2.05) is 0 Å². The summed E-state index contributed by atoms with van der Waals surface area (Å²) in [4.78, 5) is 0. The molecule has 0 spiro atoms. The van der Waals surface area contributed by atoms with E-state index in [1.165, 1.54) is 11.0 Å². The molecule has 54 valence electrons. The van der Waals surface area contributed by atoms with Gasteiger partial charge in [0.1, 0.15) is 0 Å². The summed E-state index contributed by atoms with van der Waals surface area (Å²) in [7, 11) is 0. The Hall–Kier alpha value is -0.0265. The molecule has 0 radical (unpaired) electrons. The Morgan fingerprint density at radius 1 is 1.11 bits per heavy atom. The monoisotopic (exact) mass is 165 g/mol. The summed E-state index contributed by atoms with van der Waals surface area (Å²) >= 11 is 4.78. The SMILES string of the molecule is [Ni-][C]1=CCCC=CCC1. The van der Waals surface area contributed by atoms with Crippen LogP contribution in [0.1, 0.15) is 25.7 Å². The van der Waals surface area contributed by atoms with Crippen LogP contribution in [0.25, 0.3) is 0 Å². The molecule has 0 saturated carbocycles. The van der Waals surface area contributed by atoms with Gasteiger partial charge in [-0.05, 0) is 0 Å². The van der Waals surface area contributed by atoms with E-state index in [4.69, 9.17) is 15.5 Å². The van der Waals surface area contributed by atoms with Gasteiger partial charge in [-0.25, -0.2) is 0 Å². The molecule has 1 heteroatoms. The zero-order valence-corrected chi connectivity index (χ0v) is 6.36. The minimum atomic E-state index is 1.09. The van der Waals surface area contributed by atoms with E-state index in [9.17, 15) is 0 Å². The van der Waals surface area contributed by atoms with Gasteiger partial charge < -0.3 is 0 Å². The van der Waals surface area contributed by atoms with Crippen LogP contribution in [0.4, 0.5) is 0 Å². The van der Waals surface area contributed by atoms with Gasteiger partial charge in [0.05, 0.1) is 0 Å². The summed E-state index contributed by atoms with van der Waals surface area (Å²) in [5.74, 6) is 0. The molecule has 0 heterocycles. The molecule has 0 aromatic carbocycles. The second kappa shape index (κ2) is 3.90. The van der Waals surface area contributed by atoms with Gasteiger partial charge in [-0.2, -0.15) is 0 Å². The maximum atomic E-state index is 4.78. The summed E-state index contributed by atoms with van der Waals surface area (Å²) < 4.78 is 1.18. The molecule has 0 atom stereocenters. The van der Waals surface area contributed by atoms with Gasteiger partial charge in [-0.15, -0.1) is 0 Å². The molecule has 1 aliphatic carbocycles. The van der Waals surface area contributed by atoms with Gasteiger partial charge in [0.2, 0.25) is 0 Å². The summed E-state index contributed by atoms with van der Waals surface area (Å²) in [5, 5.41) is 0. The van der Waals surface area contributed by atoms with Crippen LogP contribution in [-0.4, -0.2) is 0 Å². The van der Waals surface area contributed by atoms with Crippen LogP contribution in [-0.2, 0) is 15.5 Å². The van der Waals surface area contributed by atoms with E-state index in [1.54, 1.807) is 0 Å². The number of rotatable bonds is 0. The molecule has 0 saturated heterocycles. The zero-order valence-electron chi connectivity index (χ0n) is 5.38. The van der Waals surface area contributed by atoms with Crippen LogP contribution in [0, 0.1) is 0 Å². The molecule has 0 aromatic heterocycles. The van der Waals surface area contributed by atoms with Crippen molar-refractivity contribution in [2.75, 3.05) is 0 Å². The van der Waals surface area contributed by atoms with Gasteiger partial charge in [0.25, 0.3) is 0 Å². The number of allylic oxidation sites excluding steroid dienone is 4. The normalized spacial score (nSPS) is 20.4. The van der Waals surface area contributed by atoms with Crippen LogP contribution in [0.15, 0.2) is 22.8 Å². The summed E-state index contributed by atoms with van der Waals surface area (Å²) in [6.07, 6.45) is 11.2. The third-order valence-corrected chi connectivity index (χ3v) is 1.84. The molecule has 0 N–H and O–H groups in total. The van der Waals surface area contributed by atoms with Gasteiger partial charge in [-0.1, -0.05) is 0 Å². The second-order valence-corrected chi connectivity index (χ2v) is 2.83. The Morgan fingerprint density at radius 3 is 2.78 bits per heavy atom. The van der Waals surface area contributed by atoms with Crippen LogP contribution in [0.5, 0.6) is 0 Å². The first-order chi connectivity index (χ1) is 4.39. The third kappa shape index (κ3) is 2.86. The Balaban J connectivity index is 2.41. The Labute approximate surface area is 64.4 Å². The summed E-state index contributed by atoms with van der Waals surface area (Å²) in [6.45, 7) is 0. The first-order valence-electron chi connectivity index (χ1n) is 3.36. The molecule has 9 heavy (non-hydrogen) atoms. The average molecular weight is 166 g/mol. The van der Waals surface area contributed by atoms with E-state index < -0.39 is 0 Å². The van der Waals surface area contributed by atoms with Gasteiger partial charge in [-0.3, -0.25) is 0 Å². The van der Waals surface area contributed by atoms with Crippen molar-refractivity contribution in [3.63, 3.8) is 0 Å². The molecule has 1 aliphatic rings. The van der Waals surface area contributed by atoms with Crippen LogP contribution < -0.4 is 0 Å². The summed E-state index contributed by atoms with van der Waals surface area (Å²) in [5.41, 5.74) is 0. The quantitative estimate of drug-likeness (QED) is 0.383. The van der Waals surface area contributed by atoms with Crippen molar-refractivity contribution in [1.29, 1.82) is 0 Å². The van der Waals surface area contributed by atoms with E-state index in [-0.39, 0.29) is 0 Å². The molecular formula is C8H11Ni-. The third-order valence-electron chi connectivity index (χ3n) is 1.39. The van der Waals surface area contributed by atoms with E-state index >= 15 is 0 Å². The second-order valence-electron chi connectivity index (χ2n) is 2.20. The standard InChI is InChI=1S/C8H11.Ni/c1-2-4-6-8-7-5-3-1;/h1-2,7H,3-6H2;/q;-1. The Morgan fingerprint density at radius 2 is 1.89 bits per heavy atom. The molecule has 0 aliphatic heterocycles. The first kappa shape index (κ1) is 7.08. The van der Waals surface area contributed by atoms with E-state index in [0.29, 0.717) is 0 Å². The fraction of sp³-hybridized carbons (Fsp3) is 0.500. The van der Waals surface area contributed by atoms with Crippen LogP contribution in [0.2, 0.25) is 0 Å². The molecule has 0 aromatic rings. The minimum absolute atomic E-state index is 1.09. The van der Waals surface area contributed by atoms with Gasteiger partial charge in [0, 0.05) is 0 Å². The molecule has 0 fully saturated rings. The molecule has 0 unspecified atom stereocenters. The predicted molar refractivity (Wildman–Crippen MR) is 35.7 cm³/mol. The van der Waals surface area contributed by atoms with Gasteiger partial charge in [0.15, 0.2) is 0 Å². The predicted octanol–water partition coefficient (Wildman–Crippen LogP) is 2.55. The topological polar surface area (TPSA) is 0 Å². The fourth-order valence-corrected chi connectivity index (χ4v) is 1.16. The van der Waals surface area contributed by atoms with Crippen molar-refractivity contribution in [2.45, 2.75) is 25.7 Å². The van der Waals surface area contributed by atoms with Crippen LogP contribution in [0.3, 0.4) is 0 Å². The van der Waals surface area contributed by atoms with Crippen molar-refractivity contribution >= 4 is 0 Å².